The lowest BCUT2D eigenvalue weighted by Gasteiger charge is -2.23. The van der Waals surface area contributed by atoms with Gasteiger partial charge in [0.05, 0.1) is 38.8 Å². The molecule has 1 saturated heterocycles. The molecule has 0 aliphatic carbocycles. The fourth-order valence-electron chi connectivity index (χ4n) is 4.40. The Labute approximate surface area is 197 Å². The van der Waals surface area contributed by atoms with Crippen LogP contribution < -0.4 is 4.90 Å². The number of nitrogens with zero attached hydrogens (tertiary/aromatic N) is 3. The van der Waals surface area contributed by atoms with Crippen molar-refractivity contribution < 1.29 is 13.5 Å². The summed E-state index contributed by atoms with van der Waals surface area (Å²) in [5.41, 5.74) is 2.14. The number of para-hydroxylation sites is 2. The third kappa shape index (κ3) is 3.90. The number of rotatable bonds is 4. The van der Waals surface area contributed by atoms with Gasteiger partial charge in [0, 0.05) is 13.1 Å². The highest BCUT2D eigenvalue weighted by molar-refractivity contribution is 7.89. The van der Waals surface area contributed by atoms with E-state index >= 15 is 0 Å². The van der Waals surface area contributed by atoms with Crippen molar-refractivity contribution in [1.29, 1.82) is 5.41 Å². The minimum Gasteiger partial charge on any atom is -0.509 e. The number of fused-ring (bicyclic) bond motifs is 1. The maximum atomic E-state index is 13.3. The molecule has 0 atom stereocenters. The molecular weight excluding hydrogens is 462 g/mol. The minimum atomic E-state index is -3.69. The number of halogens is 1. The number of aliphatic hydroxyl groups excluding tert-OH is 1. The molecule has 172 valence electrons. The molecule has 2 aliphatic rings. The zero-order valence-electron chi connectivity index (χ0n) is 17.9. The van der Waals surface area contributed by atoms with Gasteiger partial charge in [0.2, 0.25) is 10.0 Å². The summed E-state index contributed by atoms with van der Waals surface area (Å²) in [5, 5.41) is 19.7. The normalized spacial score (nSPS) is 18.3. The number of imidazole rings is 1. The Hall–Kier alpha value is -2.88. The zero-order valence-corrected chi connectivity index (χ0v) is 19.5. The lowest BCUT2D eigenvalue weighted by molar-refractivity contribution is 0.411. The molecule has 3 heterocycles. The van der Waals surface area contributed by atoms with Gasteiger partial charge in [0.25, 0.3) is 0 Å². The maximum Gasteiger partial charge on any atom is 0.243 e. The molecule has 1 fully saturated rings. The van der Waals surface area contributed by atoms with Crippen LogP contribution in [0.5, 0.6) is 0 Å². The maximum absolute atomic E-state index is 13.3. The van der Waals surface area contributed by atoms with Crippen LogP contribution in [0.15, 0.2) is 53.1 Å². The van der Waals surface area contributed by atoms with E-state index in [1.165, 1.54) is 27.4 Å². The second-order valence-corrected chi connectivity index (χ2v) is 10.6. The number of nitrogens with one attached hydrogen (secondary N) is 2. The van der Waals surface area contributed by atoms with Crippen molar-refractivity contribution in [2.24, 2.45) is 0 Å². The van der Waals surface area contributed by atoms with Crippen LogP contribution in [-0.4, -0.2) is 53.3 Å². The van der Waals surface area contributed by atoms with Crippen LogP contribution in [0, 0.1) is 5.41 Å². The van der Waals surface area contributed by atoms with Gasteiger partial charge in [-0.1, -0.05) is 36.6 Å². The number of aliphatic hydroxyl groups is 1. The number of benzene rings is 2. The van der Waals surface area contributed by atoms with Crippen molar-refractivity contribution in [2.45, 2.75) is 30.6 Å². The van der Waals surface area contributed by atoms with Gasteiger partial charge < -0.3 is 15.0 Å². The Morgan fingerprint density at radius 2 is 1.79 bits per heavy atom. The molecule has 0 radical (unpaired) electrons. The fourth-order valence-corrected chi connectivity index (χ4v) is 6.15. The minimum absolute atomic E-state index is 0.00184. The first-order valence-corrected chi connectivity index (χ1v) is 12.7. The predicted molar refractivity (Wildman–Crippen MR) is 129 cm³/mol. The van der Waals surface area contributed by atoms with Crippen LogP contribution >= 0.6 is 11.6 Å². The van der Waals surface area contributed by atoms with Gasteiger partial charge in [0.15, 0.2) is 0 Å². The Bertz CT molecular complexity index is 1340. The van der Waals surface area contributed by atoms with Crippen molar-refractivity contribution in [2.75, 3.05) is 24.5 Å². The molecule has 2 aliphatic heterocycles. The van der Waals surface area contributed by atoms with Crippen molar-refractivity contribution in [3.63, 3.8) is 0 Å². The second kappa shape index (κ2) is 8.48. The number of aromatic amines is 1. The van der Waals surface area contributed by atoms with E-state index in [-0.39, 0.29) is 28.6 Å². The van der Waals surface area contributed by atoms with E-state index in [4.69, 9.17) is 17.0 Å². The monoisotopic (exact) mass is 485 g/mol. The van der Waals surface area contributed by atoms with Gasteiger partial charge in [-0.25, -0.2) is 13.4 Å². The highest BCUT2D eigenvalue weighted by Crippen LogP contribution is 2.36. The van der Waals surface area contributed by atoms with E-state index in [0.717, 1.165) is 36.7 Å². The molecule has 3 aromatic rings. The van der Waals surface area contributed by atoms with Gasteiger partial charge in [-0.15, -0.1) is 0 Å². The van der Waals surface area contributed by atoms with Gasteiger partial charge in [-0.05, 0) is 43.2 Å². The number of amidine groups is 1. The number of sulfonamides is 1. The van der Waals surface area contributed by atoms with E-state index in [0.29, 0.717) is 29.6 Å². The summed E-state index contributed by atoms with van der Waals surface area (Å²) in [7, 11) is -3.69. The molecule has 2 aromatic carbocycles. The topological polar surface area (TPSA) is 113 Å². The number of hydrogen-bond acceptors (Lipinski definition) is 5. The third-order valence-corrected chi connectivity index (χ3v) is 8.35. The fraction of sp³-hybridized carbons (Fsp3) is 0.304. The van der Waals surface area contributed by atoms with Gasteiger partial charge >= 0.3 is 0 Å². The predicted octanol–water partition coefficient (Wildman–Crippen LogP) is 4.55. The van der Waals surface area contributed by atoms with E-state index in [9.17, 15) is 13.5 Å². The number of anilines is 1. The Morgan fingerprint density at radius 1 is 1.06 bits per heavy atom. The summed E-state index contributed by atoms with van der Waals surface area (Å²) in [6, 6.07) is 12.0. The van der Waals surface area contributed by atoms with Crippen LogP contribution in [0.2, 0.25) is 5.02 Å². The van der Waals surface area contributed by atoms with Crippen LogP contribution in [0.4, 0.5) is 5.69 Å². The summed E-state index contributed by atoms with van der Waals surface area (Å²) < 4.78 is 28.1. The first-order valence-electron chi connectivity index (χ1n) is 10.9. The van der Waals surface area contributed by atoms with E-state index < -0.39 is 10.0 Å². The molecule has 33 heavy (non-hydrogen) atoms. The summed E-state index contributed by atoms with van der Waals surface area (Å²) >= 11 is 6.44. The van der Waals surface area contributed by atoms with Crippen molar-refractivity contribution in [3.05, 3.63) is 59.1 Å². The van der Waals surface area contributed by atoms with Crippen LogP contribution in [0.3, 0.4) is 0 Å². The lowest BCUT2D eigenvalue weighted by atomic mass is 10.2. The lowest BCUT2D eigenvalue weighted by Crippen LogP contribution is -2.32. The van der Waals surface area contributed by atoms with Crippen molar-refractivity contribution in [3.8, 4) is 0 Å². The molecule has 0 amide bonds. The standard InChI is InChI=1S/C23H24ClN5O3S/c24-16-10-9-15(33(31,32)28-11-5-1-2-6-12-28)13-19(16)29-14-20(30)21(22(29)25)23-26-17-7-3-4-8-18(17)27-23/h3-4,7-10,13,25,30H,1-2,5-6,11-12,14H2,(H,26,27). The molecule has 5 rings (SSSR count). The molecule has 0 spiro atoms. The van der Waals surface area contributed by atoms with Gasteiger partial charge in [-0.3, -0.25) is 5.41 Å². The summed E-state index contributed by atoms with van der Waals surface area (Å²) in [6.45, 7) is 0.995. The number of H-pyrrole nitrogens is 1. The molecule has 3 N–H and O–H groups in total. The van der Waals surface area contributed by atoms with Crippen molar-refractivity contribution >= 4 is 49.8 Å². The average Bonchev–Trinajstić information content (AvgIpc) is 3.19. The highest BCUT2D eigenvalue weighted by Gasteiger charge is 2.34. The Balaban J connectivity index is 1.48. The summed E-state index contributed by atoms with van der Waals surface area (Å²) in [5.74, 6) is 0.347. The molecule has 0 saturated carbocycles. The van der Waals surface area contributed by atoms with Crippen molar-refractivity contribution in [1.82, 2.24) is 14.3 Å². The summed E-state index contributed by atoms with van der Waals surface area (Å²) in [4.78, 5) is 9.27. The van der Waals surface area contributed by atoms with Crippen LogP contribution in [0.25, 0.3) is 16.6 Å². The van der Waals surface area contributed by atoms with E-state index in [1.807, 2.05) is 24.3 Å². The molecule has 8 nitrogen and oxygen atoms in total. The summed E-state index contributed by atoms with van der Waals surface area (Å²) in [6.07, 6.45) is 3.74. The van der Waals surface area contributed by atoms with Crippen LogP contribution in [-0.2, 0) is 10.0 Å². The SMILES string of the molecule is N=C1C(c2nc3ccccc3[nH]2)=C(O)CN1c1cc(S(=O)(=O)N2CCCCCC2)ccc1Cl. The molecule has 0 unspecified atom stereocenters. The molecular formula is C23H24ClN5O3S. The third-order valence-electron chi connectivity index (χ3n) is 6.14. The highest BCUT2D eigenvalue weighted by atomic mass is 35.5. The Morgan fingerprint density at radius 3 is 2.52 bits per heavy atom. The zero-order chi connectivity index (χ0) is 23.2. The van der Waals surface area contributed by atoms with Gasteiger partial charge in [0.1, 0.15) is 17.4 Å². The number of aromatic nitrogens is 2. The van der Waals surface area contributed by atoms with Crippen LogP contribution in [0.1, 0.15) is 31.5 Å². The average molecular weight is 486 g/mol. The largest absolute Gasteiger partial charge is 0.509 e. The number of hydrogen-bond donors (Lipinski definition) is 3. The van der Waals surface area contributed by atoms with Gasteiger partial charge in [-0.2, -0.15) is 4.31 Å². The second-order valence-electron chi connectivity index (χ2n) is 8.29. The molecule has 10 heteroatoms. The smallest absolute Gasteiger partial charge is 0.243 e. The first-order chi connectivity index (χ1) is 15.9. The van der Waals surface area contributed by atoms with E-state index in [2.05, 4.69) is 9.97 Å². The van der Waals surface area contributed by atoms with E-state index in [1.54, 1.807) is 0 Å². The molecule has 0 bridgehead atoms. The molecule has 1 aromatic heterocycles. The quantitative estimate of drug-likeness (QED) is 0.501. The first kappa shape index (κ1) is 21.9. The Kier molecular flexibility index (Phi) is 5.64.